The molecule has 0 bridgehead atoms. The molecular weight excluding hydrogens is 1130 g/mol. The van der Waals surface area contributed by atoms with Crippen LogP contribution in [-0.2, 0) is 31.2 Å². The Morgan fingerprint density at radius 2 is 0.773 bits per heavy atom. The van der Waals surface area contributed by atoms with Gasteiger partial charge < -0.3 is 30.5 Å². The van der Waals surface area contributed by atoms with Gasteiger partial charge in [-0.15, -0.1) is 0 Å². The van der Waals surface area contributed by atoms with Gasteiger partial charge in [-0.05, 0) is 78.0 Å². The van der Waals surface area contributed by atoms with E-state index in [1.54, 1.807) is 23.5 Å². The van der Waals surface area contributed by atoms with E-state index in [9.17, 15) is 24.9 Å². The van der Waals surface area contributed by atoms with Crippen molar-refractivity contribution in [1.29, 1.82) is 0 Å². The first-order chi connectivity index (χ1) is 41.6. The lowest BCUT2D eigenvalue weighted by Crippen LogP contribution is -2.20. The first kappa shape index (κ1) is 82.3. The molecule has 88 heavy (non-hydrogen) atoms. The van der Waals surface area contributed by atoms with Crippen LogP contribution in [0.15, 0.2) is 34.6 Å². The first-order valence-corrected chi connectivity index (χ1v) is 36.9. The van der Waals surface area contributed by atoms with Crippen molar-refractivity contribution < 1.29 is 34.8 Å². The molecule has 1 heterocycles. The third kappa shape index (κ3) is 38.8. The number of ether oxygens (including phenoxy) is 1. The van der Waals surface area contributed by atoms with Crippen LogP contribution in [0.25, 0.3) is 0 Å². The summed E-state index contributed by atoms with van der Waals surface area (Å²) in [6.07, 6.45) is 38.5. The zero-order chi connectivity index (χ0) is 66.0. The maximum absolute atomic E-state index is 12.2. The first-order valence-electron chi connectivity index (χ1n) is 35.0. The van der Waals surface area contributed by atoms with Crippen LogP contribution in [0.1, 0.15) is 345 Å². The number of aliphatic carboxylic acids is 1. The number of hydrogen-bond donors (Lipinski definition) is 6. The number of carbonyl (C=O) groups excluding carboxylic acids is 1. The molecule has 1 atom stereocenters. The Balaban J connectivity index is 0.000000702. The van der Waals surface area contributed by atoms with E-state index >= 15 is 0 Å². The summed E-state index contributed by atoms with van der Waals surface area (Å²) in [5.74, 6) is 2.50. The molecule has 0 fully saturated rings. The van der Waals surface area contributed by atoms with Gasteiger partial charge in [0.2, 0.25) is 5.95 Å². The number of amides is 1. The van der Waals surface area contributed by atoms with Crippen LogP contribution in [0.5, 0.6) is 11.5 Å². The molecule has 0 saturated heterocycles. The van der Waals surface area contributed by atoms with Gasteiger partial charge in [0, 0.05) is 51.6 Å². The number of unbranched alkanes of at least 4 members (excludes halogenated alkanes) is 26. The summed E-state index contributed by atoms with van der Waals surface area (Å²) in [7, 11) is 0. The van der Waals surface area contributed by atoms with Crippen molar-refractivity contribution in [1.82, 2.24) is 15.0 Å². The van der Waals surface area contributed by atoms with Gasteiger partial charge in [0.15, 0.2) is 10.3 Å². The highest BCUT2D eigenvalue weighted by atomic mass is 32.2. The van der Waals surface area contributed by atoms with E-state index in [0.29, 0.717) is 36.2 Å². The summed E-state index contributed by atoms with van der Waals surface area (Å²) in [5.41, 5.74) is 4.19. The lowest BCUT2D eigenvalue weighted by Gasteiger charge is -2.28. The molecule has 0 aliphatic carbocycles. The molecule has 0 aliphatic rings. The Morgan fingerprint density at radius 3 is 1.11 bits per heavy atom. The maximum Gasteiger partial charge on any atom is 0.411 e. The molecule has 3 rings (SSSR count). The summed E-state index contributed by atoms with van der Waals surface area (Å²) in [6.45, 7) is 34.5. The van der Waals surface area contributed by atoms with Gasteiger partial charge in [-0.1, -0.05) is 308 Å². The number of carboxylic acid groups (broad SMARTS) is 1. The number of phenolic OH excluding ortho intramolecular Hbond substituents is 2. The Bertz CT molecular complexity index is 2210. The molecule has 506 valence electrons. The molecule has 0 spiro atoms. The summed E-state index contributed by atoms with van der Waals surface area (Å²) in [4.78, 5) is 37.0. The number of aliphatic hydroxyl groups excluding tert-OH is 1. The number of aromatic hydroxyl groups is 2. The van der Waals surface area contributed by atoms with E-state index < -0.39 is 18.2 Å². The highest BCUT2D eigenvalue weighted by molar-refractivity contribution is 7.99. The largest absolute Gasteiger partial charge is 0.507 e. The summed E-state index contributed by atoms with van der Waals surface area (Å²) in [6, 6.07) is 7.77. The molecule has 1 amide bonds. The van der Waals surface area contributed by atoms with Crippen molar-refractivity contribution in [3.8, 4) is 11.5 Å². The smallest absolute Gasteiger partial charge is 0.411 e. The van der Waals surface area contributed by atoms with Crippen molar-refractivity contribution in [2.45, 2.75) is 361 Å². The van der Waals surface area contributed by atoms with E-state index in [1.165, 1.54) is 173 Å². The summed E-state index contributed by atoms with van der Waals surface area (Å²) >= 11 is 3.48. The fourth-order valence-electron chi connectivity index (χ4n) is 10.3. The number of carboxylic acids is 1. The lowest BCUT2D eigenvalue weighted by molar-refractivity contribution is -0.137. The average Bonchev–Trinajstić information content (AvgIpc) is 0.854. The quantitative estimate of drug-likeness (QED) is 0.0179. The number of rotatable bonds is 42. The fraction of sp³-hybridized carbons (Fsp3) is 0.770. The fourth-order valence-corrected chi connectivity index (χ4v) is 12.0. The van der Waals surface area contributed by atoms with E-state index in [-0.39, 0.29) is 28.1 Å². The minimum atomic E-state index is -0.816. The summed E-state index contributed by atoms with van der Waals surface area (Å²) in [5, 5.41) is 47.9. The Labute approximate surface area is 547 Å². The monoisotopic (exact) mass is 1270 g/mol. The number of carbonyl (C=O) groups is 2. The number of nitrogens with zero attached hydrogens (tertiary/aromatic N) is 3. The number of benzene rings is 2. The van der Waals surface area contributed by atoms with Gasteiger partial charge in [0.1, 0.15) is 11.5 Å². The molecule has 0 radical (unpaired) electrons. The van der Waals surface area contributed by atoms with Crippen molar-refractivity contribution in [3.05, 3.63) is 46.5 Å². The van der Waals surface area contributed by atoms with Crippen LogP contribution in [0.3, 0.4) is 0 Å². The van der Waals surface area contributed by atoms with Gasteiger partial charge >= 0.3 is 12.1 Å². The number of thioether (sulfide) groups is 2. The van der Waals surface area contributed by atoms with Crippen molar-refractivity contribution >= 4 is 52.9 Å². The van der Waals surface area contributed by atoms with Crippen LogP contribution in [-0.4, -0.2) is 71.7 Å². The topological polar surface area (TPSA) is 187 Å². The second kappa shape index (κ2) is 46.3. The van der Waals surface area contributed by atoms with Gasteiger partial charge in [0.25, 0.3) is 0 Å². The van der Waals surface area contributed by atoms with Gasteiger partial charge in [-0.3, -0.25) is 10.1 Å². The number of aliphatic hydroxyl groups is 1. The van der Waals surface area contributed by atoms with E-state index in [0.717, 1.165) is 75.4 Å². The van der Waals surface area contributed by atoms with Gasteiger partial charge in [-0.2, -0.15) is 15.0 Å². The molecule has 0 aliphatic heterocycles. The molecule has 6 N–H and O–H groups in total. The lowest BCUT2D eigenvalue weighted by atomic mass is 9.79. The molecule has 12 nitrogen and oxygen atoms in total. The van der Waals surface area contributed by atoms with Crippen LogP contribution >= 0.6 is 23.5 Å². The highest BCUT2D eigenvalue weighted by Gasteiger charge is 2.29. The third-order valence-electron chi connectivity index (χ3n) is 15.8. The van der Waals surface area contributed by atoms with E-state index in [1.807, 2.05) is 24.3 Å². The standard InChI is InChI=1S/C33H56N4OS2.C23H39NO3.C18H36O3/c1-9-11-13-15-17-19-21-39-30-35-29(36-31(37-30)40-22-20-18-16-14-12-10-2)34-25-23-26(32(3,4)5)28(38)27(24-25)33(6,7)8;1-8-9-10-11-12-13-14-27-21(26)24-17-15-18(22(2,3)4)20(25)19(16-17)23(5,6)7;1-2-3-4-5-6-7-8-9-10-11-12-13-14-17(19)15-16-18(20)21/h23-24,38H,9-22H2,1-8H3,(H,34,35,36,37);15-16,25H,8-14H2,1-7H3,(H,24,26);17,19H,2-16H2,1H3,(H,20,21). The Kier molecular flexibility index (Phi) is 43.3. The second-order valence-corrected chi connectivity index (χ2v) is 30.8. The predicted molar refractivity (Wildman–Crippen MR) is 379 cm³/mol. The minimum absolute atomic E-state index is 0.0828. The maximum atomic E-state index is 12.2. The van der Waals surface area contributed by atoms with Crippen molar-refractivity contribution in [2.75, 3.05) is 28.7 Å². The molecule has 1 unspecified atom stereocenters. The number of phenols is 2. The van der Waals surface area contributed by atoms with E-state index in [4.69, 9.17) is 24.8 Å². The molecular formula is C74H131N5O7S2. The van der Waals surface area contributed by atoms with Crippen LogP contribution < -0.4 is 10.6 Å². The van der Waals surface area contributed by atoms with Crippen molar-refractivity contribution in [3.63, 3.8) is 0 Å². The molecule has 1 aromatic heterocycles. The SMILES string of the molecule is CCCCCCCCCCCCCCC(O)CCC(=O)O.CCCCCCCCOC(=O)Nc1cc(C(C)(C)C)c(O)c(C(C)(C)C)c1.CCCCCCCCSc1nc(Nc2cc(C(C)(C)C)c(O)c(C(C)(C)C)c2)nc(SCCCCCCCC)n1. The number of hydrogen-bond acceptors (Lipinski definition) is 12. The molecule has 2 aromatic carbocycles. The van der Waals surface area contributed by atoms with E-state index in [2.05, 4.69) is 121 Å². The third-order valence-corrected chi connectivity index (χ3v) is 17.7. The normalized spacial score (nSPS) is 12.2. The average molecular weight is 1270 g/mol. The molecule has 0 saturated carbocycles. The van der Waals surface area contributed by atoms with Crippen LogP contribution in [0, 0.1) is 0 Å². The van der Waals surface area contributed by atoms with Crippen LogP contribution in [0.4, 0.5) is 22.1 Å². The predicted octanol–water partition coefficient (Wildman–Crippen LogP) is 23.0. The van der Waals surface area contributed by atoms with Gasteiger partial charge in [0.05, 0.1) is 12.7 Å². The van der Waals surface area contributed by atoms with Crippen molar-refractivity contribution in [2.24, 2.45) is 0 Å². The number of anilines is 3. The Hall–Kier alpha value is -3.75. The second-order valence-electron chi connectivity index (χ2n) is 28.7. The molecule has 14 heteroatoms. The van der Waals surface area contributed by atoms with Crippen LogP contribution in [0.2, 0.25) is 0 Å². The summed E-state index contributed by atoms with van der Waals surface area (Å²) < 4.78 is 5.32. The minimum Gasteiger partial charge on any atom is -0.507 e. The number of nitrogens with one attached hydrogen (secondary N) is 2. The molecule has 3 aromatic rings. The zero-order valence-corrected chi connectivity index (χ0v) is 60.6. The highest BCUT2D eigenvalue weighted by Crippen LogP contribution is 2.43. The van der Waals surface area contributed by atoms with Gasteiger partial charge in [-0.25, -0.2) is 4.79 Å². The zero-order valence-electron chi connectivity index (χ0n) is 59.0. The Morgan fingerprint density at radius 1 is 0.455 bits per heavy atom. The number of aromatic nitrogens is 3.